The SMILES string of the molecule is CCCNC(=O)c1cccc(CN=C(NCC)NC(C)C)c1. The second-order valence-electron chi connectivity index (χ2n) is 5.45. The molecule has 122 valence electrons. The molecule has 22 heavy (non-hydrogen) atoms. The Bertz CT molecular complexity index is 497. The van der Waals surface area contributed by atoms with Gasteiger partial charge in [0.05, 0.1) is 6.54 Å². The molecule has 0 aliphatic carbocycles. The molecule has 3 N–H and O–H groups in total. The average Bonchev–Trinajstić information content (AvgIpc) is 2.50. The van der Waals surface area contributed by atoms with E-state index in [1.54, 1.807) is 0 Å². The van der Waals surface area contributed by atoms with E-state index in [2.05, 4.69) is 34.8 Å². The fraction of sp³-hybridized carbons (Fsp3) is 0.529. The van der Waals surface area contributed by atoms with Gasteiger partial charge >= 0.3 is 0 Å². The molecule has 0 atom stereocenters. The van der Waals surface area contributed by atoms with Gasteiger partial charge in [-0.2, -0.15) is 0 Å². The van der Waals surface area contributed by atoms with Crippen LogP contribution in [0.4, 0.5) is 0 Å². The summed E-state index contributed by atoms with van der Waals surface area (Å²) in [7, 11) is 0. The van der Waals surface area contributed by atoms with Crippen molar-refractivity contribution in [2.75, 3.05) is 13.1 Å². The van der Waals surface area contributed by atoms with Gasteiger partial charge in [0.25, 0.3) is 5.91 Å². The third-order valence-electron chi connectivity index (χ3n) is 2.91. The molecular formula is C17H28N4O. The predicted molar refractivity (Wildman–Crippen MR) is 92.2 cm³/mol. The van der Waals surface area contributed by atoms with E-state index in [4.69, 9.17) is 0 Å². The van der Waals surface area contributed by atoms with Crippen LogP contribution in [-0.4, -0.2) is 31.0 Å². The van der Waals surface area contributed by atoms with Crippen LogP contribution < -0.4 is 16.0 Å². The molecule has 0 spiro atoms. The van der Waals surface area contributed by atoms with Crippen molar-refractivity contribution in [3.8, 4) is 0 Å². The van der Waals surface area contributed by atoms with Gasteiger partial charge in [-0.15, -0.1) is 0 Å². The fourth-order valence-corrected chi connectivity index (χ4v) is 1.92. The van der Waals surface area contributed by atoms with Crippen LogP contribution in [-0.2, 0) is 6.54 Å². The number of amides is 1. The third kappa shape index (κ3) is 6.61. The first-order valence-electron chi connectivity index (χ1n) is 7.98. The number of nitrogens with one attached hydrogen (secondary N) is 3. The molecule has 0 aliphatic rings. The summed E-state index contributed by atoms with van der Waals surface area (Å²) in [5, 5.41) is 9.37. The van der Waals surface area contributed by atoms with Crippen LogP contribution in [0.2, 0.25) is 0 Å². The van der Waals surface area contributed by atoms with E-state index in [0.29, 0.717) is 24.7 Å². The van der Waals surface area contributed by atoms with Crippen molar-refractivity contribution >= 4 is 11.9 Å². The van der Waals surface area contributed by atoms with Gasteiger partial charge in [-0.3, -0.25) is 4.79 Å². The van der Waals surface area contributed by atoms with E-state index >= 15 is 0 Å². The van der Waals surface area contributed by atoms with E-state index in [9.17, 15) is 4.79 Å². The largest absolute Gasteiger partial charge is 0.357 e. The Morgan fingerprint density at radius 3 is 2.64 bits per heavy atom. The normalized spacial score (nSPS) is 11.4. The first kappa shape index (κ1) is 18.0. The zero-order valence-corrected chi connectivity index (χ0v) is 14.1. The molecule has 1 rings (SSSR count). The summed E-state index contributed by atoms with van der Waals surface area (Å²) in [6.45, 7) is 10.3. The molecule has 0 fully saturated rings. The highest BCUT2D eigenvalue weighted by molar-refractivity contribution is 5.94. The number of aliphatic imine (C=N–C) groups is 1. The molecule has 5 nitrogen and oxygen atoms in total. The Morgan fingerprint density at radius 1 is 1.23 bits per heavy atom. The number of benzene rings is 1. The van der Waals surface area contributed by atoms with Crippen molar-refractivity contribution in [1.29, 1.82) is 0 Å². The van der Waals surface area contributed by atoms with Gasteiger partial charge in [0.15, 0.2) is 5.96 Å². The summed E-state index contributed by atoms with van der Waals surface area (Å²) < 4.78 is 0. The number of nitrogens with zero attached hydrogens (tertiary/aromatic N) is 1. The monoisotopic (exact) mass is 304 g/mol. The van der Waals surface area contributed by atoms with Crippen LogP contribution in [0.5, 0.6) is 0 Å². The summed E-state index contributed by atoms with van der Waals surface area (Å²) in [6.07, 6.45) is 0.933. The molecule has 1 aromatic rings. The predicted octanol–water partition coefficient (Wildman–Crippen LogP) is 2.29. The minimum atomic E-state index is -0.0279. The second kappa shape index (κ2) is 9.82. The molecule has 0 radical (unpaired) electrons. The van der Waals surface area contributed by atoms with E-state index in [1.165, 1.54) is 0 Å². The maximum Gasteiger partial charge on any atom is 0.251 e. The molecule has 0 aromatic heterocycles. The molecule has 5 heteroatoms. The van der Waals surface area contributed by atoms with Gasteiger partial charge in [0.2, 0.25) is 0 Å². The summed E-state index contributed by atoms with van der Waals surface area (Å²) >= 11 is 0. The number of carbonyl (C=O) groups excluding carboxylic acids is 1. The molecule has 0 saturated carbocycles. The van der Waals surface area contributed by atoms with Crippen molar-refractivity contribution in [2.24, 2.45) is 4.99 Å². The Balaban J connectivity index is 2.74. The third-order valence-corrected chi connectivity index (χ3v) is 2.91. The molecule has 0 heterocycles. The van der Waals surface area contributed by atoms with Crippen molar-refractivity contribution in [3.05, 3.63) is 35.4 Å². The van der Waals surface area contributed by atoms with Crippen LogP contribution in [0, 0.1) is 0 Å². The maximum atomic E-state index is 12.0. The minimum absolute atomic E-state index is 0.0279. The number of carbonyl (C=O) groups is 1. The number of hydrogen-bond acceptors (Lipinski definition) is 2. The summed E-state index contributed by atoms with van der Waals surface area (Å²) in [5.74, 6) is 0.762. The van der Waals surface area contributed by atoms with Crippen LogP contribution in [0.3, 0.4) is 0 Å². The van der Waals surface area contributed by atoms with Crippen LogP contribution >= 0.6 is 0 Å². The lowest BCUT2D eigenvalue weighted by Gasteiger charge is -2.14. The van der Waals surface area contributed by atoms with Crippen molar-refractivity contribution < 1.29 is 4.79 Å². The summed E-state index contributed by atoms with van der Waals surface area (Å²) in [5.41, 5.74) is 1.70. The highest BCUT2D eigenvalue weighted by Crippen LogP contribution is 2.07. The zero-order valence-electron chi connectivity index (χ0n) is 14.1. The van der Waals surface area contributed by atoms with Crippen LogP contribution in [0.15, 0.2) is 29.3 Å². The molecule has 1 aromatic carbocycles. The standard InChI is InChI=1S/C17H28N4O/c1-5-10-19-16(22)15-9-7-8-14(11-15)12-20-17(18-6-2)21-13(3)4/h7-9,11,13H,5-6,10,12H2,1-4H3,(H,19,22)(H2,18,20,21). The zero-order chi connectivity index (χ0) is 16.4. The Labute approximate surface area is 133 Å². The number of hydrogen-bond donors (Lipinski definition) is 3. The van der Waals surface area contributed by atoms with Gasteiger partial charge in [-0.1, -0.05) is 19.1 Å². The second-order valence-corrected chi connectivity index (χ2v) is 5.45. The van der Waals surface area contributed by atoms with Crippen molar-refractivity contribution in [3.63, 3.8) is 0 Å². The van der Waals surface area contributed by atoms with Gasteiger partial charge in [-0.25, -0.2) is 4.99 Å². The summed E-state index contributed by atoms with van der Waals surface area (Å²) in [4.78, 5) is 16.5. The van der Waals surface area contributed by atoms with E-state index in [1.807, 2.05) is 38.1 Å². The Kier molecular flexibility index (Phi) is 8.04. The lowest BCUT2D eigenvalue weighted by atomic mass is 10.1. The van der Waals surface area contributed by atoms with E-state index < -0.39 is 0 Å². The molecule has 0 aliphatic heterocycles. The highest BCUT2D eigenvalue weighted by atomic mass is 16.1. The Hall–Kier alpha value is -2.04. The Morgan fingerprint density at radius 2 is 2.00 bits per heavy atom. The summed E-state index contributed by atoms with van der Waals surface area (Å²) in [6, 6.07) is 7.93. The number of rotatable bonds is 7. The number of guanidine groups is 1. The maximum absolute atomic E-state index is 12.0. The van der Waals surface area contributed by atoms with E-state index in [0.717, 1.165) is 24.5 Å². The van der Waals surface area contributed by atoms with Crippen LogP contribution in [0.1, 0.15) is 50.0 Å². The van der Waals surface area contributed by atoms with Gasteiger partial charge in [-0.05, 0) is 44.9 Å². The van der Waals surface area contributed by atoms with Crippen LogP contribution in [0.25, 0.3) is 0 Å². The van der Waals surface area contributed by atoms with Gasteiger partial charge < -0.3 is 16.0 Å². The smallest absolute Gasteiger partial charge is 0.251 e. The molecule has 1 amide bonds. The minimum Gasteiger partial charge on any atom is -0.357 e. The first-order valence-corrected chi connectivity index (χ1v) is 7.98. The van der Waals surface area contributed by atoms with Crippen molar-refractivity contribution in [1.82, 2.24) is 16.0 Å². The quantitative estimate of drug-likeness (QED) is 0.535. The lowest BCUT2D eigenvalue weighted by Crippen LogP contribution is -2.41. The molecular weight excluding hydrogens is 276 g/mol. The van der Waals surface area contributed by atoms with Crippen molar-refractivity contribution in [2.45, 2.75) is 46.7 Å². The molecule has 0 bridgehead atoms. The average molecular weight is 304 g/mol. The van der Waals surface area contributed by atoms with E-state index in [-0.39, 0.29) is 5.91 Å². The fourth-order valence-electron chi connectivity index (χ4n) is 1.92. The topological polar surface area (TPSA) is 65.5 Å². The molecule has 0 saturated heterocycles. The molecule has 0 unspecified atom stereocenters. The van der Waals surface area contributed by atoms with Gasteiger partial charge in [0, 0.05) is 24.7 Å². The first-order chi connectivity index (χ1) is 10.6. The van der Waals surface area contributed by atoms with Gasteiger partial charge in [0.1, 0.15) is 0 Å². The highest BCUT2D eigenvalue weighted by Gasteiger charge is 2.05. The lowest BCUT2D eigenvalue weighted by molar-refractivity contribution is 0.0953.